The quantitative estimate of drug-likeness (QED) is 0.890. The second-order valence-electron chi connectivity index (χ2n) is 7.34. The molecule has 2 atom stereocenters. The summed E-state index contributed by atoms with van der Waals surface area (Å²) in [5, 5.41) is 11.3. The van der Waals surface area contributed by atoms with Crippen molar-refractivity contribution in [3.63, 3.8) is 0 Å². The second-order valence-corrected chi connectivity index (χ2v) is 7.34. The molecule has 2 aromatic rings. The summed E-state index contributed by atoms with van der Waals surface area (Å²) < 4.78 is 45.9. The van der Waals surface area contributed by atoms with E-state index in [-0.39, 0.29) is 30.5 Å². The third kappa shape index (κ3) is 3.59. The van der Waals surface area contributed by atoms with E-state index in [0.717, 1.165) is 11.8 Å². The minimum absolute atomic E-state index is 0.131. The number of piperidine rings is 1. The first-order valence-electron chi connectivity index (χ1n) is 8.99. The number of aliphatic hydroxyl groups is 1. The predicted molar refractivity (Wildman–Crippen MR) is 92.7 cm³/mol. The zero-order chi connectivity index (χ0) is 19.1. The second kappa shape index (κ2) is 6.89. The van der Waals surface area contributed by atoms with Gasteiger partial charge in [-0.15, -0.1) is 0 Å². The van der Waals surface area contributed by atoms with Gasteiger partial charge in [0.1, 0.15) is 5.69 Å². The largest absolute Gasteiger partial charge is 0.433 e. The van der Waals surface area contributed by atoms with Gasteiger partial charge in [0.15, 0.2) is 0 Å². The number of benzene rings is 1. The molecule has 0 aliphatic carbocycles. The van der Waals surface area contributed by atoms with Crippen molar-refractivity contribution in [3.05, 3.63) is 65.5 Å². The molecule has 0 radical (unpaired) electrons. The van der Waals surface area contributed by atoms with Gasteiger partial charge in [-0.3, -0.25) is 9.88 Å². The van der Waals surface area contributed by atoms with E-state index in [0.29, 0.717) is 19.8 Å². The summed E-state index contributed by atoms with van der Waals surface area (Å²) in [5.74, 6) is 0. The highest BCUT2D eigenvalue weighted by atomic mass is 19.4. The fraction of sp³-hybridized carbons (Fsp3) is 0.450. The molecule has 144 valence electrons. The van der Waals surface area contributed by atoms with Crippen molar-refractivity contribution in [2.75, 3.05) is 13.2 Å². The number of rotatable bonds is 3. The smallest absolute Gasteiger partial charge is 0.385 e. The van der Waals surface area contributed by atoms with E-state index in [2.05, 4.69) is 9.88 Å². The van der Waals surface area contributed by atoms with Crippen molar-refractivity contribution < 1.29 is 23.0 Å². The number of hydrogen-bond acceptors (Lipinski definition) is 4. The maximum absolute atomic E-state index is 13.4. The summed E-state index contributed by atoms with van der Waals surface area (Å²) in [7, 11) is 0. The van der Waals surface area contributed by atoms with Crippen LogP contribution >= 0.6 is 0 Å². The Balaban J connectivity index is 1.63. The lowest BCUT2D eigenvalue weighted by molar-refractivity contribution is -0.161. The molecule has 7 heteroatoms. The monoisotopic (exact) mass is 378 g/mol. The number of aromatic nitrogens is 1. The van der Waals surface area contributed by atoms with Gasteiger partial charge in [0.2, 0.25) is 0 Å². The summed E-state index contributed by atoms with van der Waals surface area (Å²) in [6, 6.07) is 12.4. The minimum atomic E-state index is -4.60. The molecule has 1 N–H and O–H groups in total. The fourth-order valence-electron chi connectivity index (χ4n) is 4.32. The highest BCUT2D eigenvalue weighted by Gasteiger charge is 2.50. The van der Waals surface area contributed by atoms with Crippen LogP contribution in [-0.4, -0.2) is 40.3 Å². The number of nitrogens with zero attached hydrogens (tertiary/aromatic N) is 2. The van der Waals surface area contributed by atoms with Crippen LogP contribution in [0.15, 0.2) is 48.7 Å². The first-order chi connectivity index (χ1) is 12.9. The molecule has 4 nitrogen and oxygen atoms in total. The number of pyridine rings is 1. The van der Waals surface area contributed by atoms with E-state index >= 15 is 0 Å². The summed E-state index contributed by atoms with van der Waals surface area (Å²) in [4.78, 5) is 5.77. The fourth-order valence-corrected chi connectivity index (χ4v) is 4.32. The number of morpholine rings is 1. The molecular formula is C20H21F3N2O2. The van der Waals surface area contributed by atoms with Crippen LogP contribution in [0.4, 0.5) is 13.2 Å². The standard InChI is InChI=1S/C20H21F3N2O2/c21-20(22,23)18-17(7-4-8-24-18)19(26)9-15-12-27-13-16(10-19)25(15)11-14-5-2-1-3-6-14/h1-8,15-16,26H,9-13H2. The Hall–Kier alpha value is -1.96. The number of ether oxygens (including phenoxy) is 1. The van der Waals surface area contributed by atoms with E-state index in [1.807, 2.05) is 30.3 Å². The van der Waals surface area contributed by atoms with Crippen LogP contribution < -0.4 is 0 Å². The number of fused-ring (bicyclic) bond motifs is 2. The third-order valence-electron chi connectivity index (χ3n) is 5.49. The molecule has 4 rings (SSSR count). The lowest BCUT2D eigenvalue weighted by atomic mass is 9.76. The average molecular weight is 378 g/mol. The van der Waals surface area contributed by atoms with Crippen LogP contribution in [0, 0.1) is 0 Å². The Morgan fingerprint density at radius 3 is 2.37 bits per heavy atom. The Morgan fingerprint density at radius 1 is 1.07 bits per heavy atom. The van der Waals surface area contributed by atoms with Gasteiger partial charge < -0.3 is 9.84 Å². The van der Waals surface area contributed by atoms with Crippen LogP contribution in [0.5, 0.6) is 0 Å². The maximum atomic E-state index is 13.4. The van der Waals surface area contributed by atoms with E-state index in [1.165, 1.54) is 12.1 Å². The molecule has 0 amide bonds. The Kier molecular flexibility index (Phi) is 4.70. The molecule has 27 heavy (non-hydrogen) atoms. The molecule has 1 aromatic carbocycles. The molecule has 2 bridgehead atoms. The van der Waals surface area contributed by atoms with E-state index in [9.17, 15) is 18.3 Å². The average Bonchev–Trinajstić information content (AvgIpc) is 2.63. The van der Waals surface area contributed by atoms with Gasteiger partial charge in [-0.05, 0) is 24.5 Å². The van der Waals surface area contributed by atoms with Crippen LogP contribution in [0.2, 0.25) is 0 Å². The lowest BCUT2D eigenvalue weighted by Crippen LogP contribution is -2.60. The zero-order valence-electron chi connectivity index (χ0n) is 14.7. The summed E-state index contributed by atoms with van der Waals surface area (Å²) in [6.07, 6.45) is -3.11. The molecule has 1 aromatic heterocycles. The minimum Gasteiger partial charge on any atom is -0.385 e. The van der Waals surface area contributed by atoms with Gasteiger partial charge in [-0.25, -0.2) is 0 Å². The van der Waals surface area contributed by atoms with Gasteiger partial charge in [0.05, 0.1) is 18.8 Å². The molecule has 2 fully saturated rings. The molecule has 3 heterocycles. The van der Waals surface area contributed by atoms with E-state index in [1.54, 1.807) is 0 Å². The van der Waals surface area contributed by atoms with Crippen LogP contribution in [-0.2, 0) is 23.1 Å². The number of halogens is 3. The molecule has 0 saturated carbocycles. The van der Waals surface area contributed by atoms with Gasteiger partial charge >= 0.3 is 6.18 Å². The molecule has 2 saturated heterocycles. The molecule has 2 unspecified atom stereocenters. The zero-order valence-corrected chi connectivity index (χ0v) is 14.7. The summed E-state index contributed by atoms with van der Waals surface area (Å²) >= 11 is 0. The van der Waals surface area contributed by atoms with Gasteiger partial charge in [-0.2, -0.15) is 13.2 Å². The first-order valence-corrected chi connectivity index (χ1v) is 8.99. The Morgan fingerprint density at radius 2 is 1.74 bits per heavy atom. The van der Waals surface area contributed by atoms with Crippen LogP contribution in [0.3, 0.4) is 0 Å². The van der Waals surface area contributed by atoms with Crippen LogP contribution in [0.25, 0.3) is 0 Å². The van der Waals surface area contributed by atoms with Crippen molar-refractivity contribution in [2.45, 2.75) is 43.2 Å². The SMILES string of the molecule is OC1(c2cccnc2C(F)(F)F)CC2COCC(C1)N2Cc1ccccc1. The maximum Gasteiger partial charge on any atom is 0.433 e. The van der Waals surface area contributed by atoms with E-state index in [4.69, 9.17) is 4.74 Å². The van der Waals surface area contributed by atoms with Crippen molar-refractivity contribution in [3.8, 4) is 0 Å². The highest BCUT2D eigenvalue weighted by molar-refractivity contribution is 5.31. The molecule has 2 aliphatic rings. The van der Waals surface area contributed by atoms with Crippen molar-refractivity contribution in [1.82, 2.24) is 9.88 Å². The normalized spacial score (nSPS) is 28.9. The topological polar surface area (TPSA) is 45.6 Å². The first kappa shape index (κ1) is 18.4. The molecule has 0 spiro atoms. The molecule has 2 aliphatic heterocycles. The predicted octanol–water partition coefficient (Wildman–Crippen LogP) is 3.35. The highest BCUT2D eigenvalue weighted by Crippen LogP contribution is 2.45. The number of hydrogen-bond donors (Lipinski definition) is 1. The van der Waals surface area contributed by atoms with Crippen LogP contribution in [0.1, 0.15) is 29.7 Å². The lowest BCUT2D eigenvalue weighted by Gasteiger charge is -2.52. The summed E-state index contributed by atoms with van der Waals surface area (Å²) in [6.45, 7) is 1.48. The van der Waals surface area contributed by atoms with Gasteiger partial charge in [0, 0.05) is 30.4 Å². The summed E-state index contributed by atoms with van der Waals surface area (Å²) in [5.41, 5.74) is -1.56. The molecular weight excluding hydrogens is 357 g/mol. The Bertz CT molecular complexity index is 783. The van der Waals surface area contributed by atoms with Crippen molar-refractivity contribution in [1.29, 1.82) is 0 Å². The third-order valence-corrected chi connectivity index (χ3v) is 5.49. The van der Waals surface area contributed by atoms with Crippen molar-refractivity contribution >= 4 is 0 Å². The van der Waals surface area contributed by atoms with Crippen molar-refractivity contribution in [2.24, 2.45) is 0 Å². The number of alkyl halides is 3. The van der Waals surface area contributed by atoms with E-state index < -0.39 is 17.5 Å². The van der Waals surface area contributed by atoms with Gasteiger partial charge in [-0.1, -0.05) is 36.4 Å². The Labute approximate surface area is 155 Å². The van der Waals surface area contributed by atoms with Gasteiger partial charge in [0.25, 0.3) is 0 Å².